The molecule has 0 unspecified atom stereocenters. The predicted molar refractivity (Wildman–Crippen MR) is 463 cm³/mol. The van der Waals surface area contributed by atoms with Crippen LogP contribution >= 0.6 is 125 Å². The molecule has 0 spiro atoms. The fraction of sp³-hybridized carbons (Fsp3) is 0.395. The lowest BCUT2D eigenvalue weighted by Gasteiger charge is -2.32. The van der Waals surface area contributed by atoms with Gasteiger partial charge in [0, 0.05) is 54.4 Å². The van der Waals surface area contributed by atoms with Crippen LogP contribution < -0.4 is 42.2 Å². The standard InChI is InChI=1S/C20H17Cl2F2N3O4.C19H22BCl3N2O3.C19H15Cl3F2N4O3.C8H8BrF2N3O2.C6H6BrN3O2.C3H6F2.CH4/c1-9(2)11-5-17(25-7-15(11)29)31-20-12(21)3-10(4-13(20)22)19-14(28)6-18(30)27(26-19)8-16(23)24;1-10(2)12-9-15(24-25-17(12)23)26-16-13(21)7-11(8-14(16)22)20-27-18(3,4)19(5,6)28-20;1-8(2)10-5-15(25-26-19(10)22)31-18-11(20)3-9(4-12(18)21)17-13(29)6-16(30)28(27-17)7-14(23)24;1-2-3-13-7(15)6(9)12-14(8(13)16)4-5(10)11;1-2-3-10-5(11)4(7)8-9-6(10)12;1-2-3(4)5;/h3-5,9,16H,6-8H2,1-2H3;7-10H,1-6H3;3-5,8,14H,6-7H2,1-2H3;2,5H,1,3-4H2;2H,1,3H2,(H,9,12);3H,2H2,1H3;1H4. The Morgan fingerprint density at radius 3 is 1.31 bits per heavy atom. The number of benzene rings is 3. The maximum atomic E-state index is 12.7. The number of ether oxygens (including phenoxy) is 3. The summed E-state index contributed by atoms with van der Waals surface area (Å²) >= 11 is 55.8. The Morgan fingerprint density at radius 2 is 0.927 bits per heavy atom. The second-order valence-electron chi connectivity index (χ2n) is 27.8. The summed E-state index contributed by atoms with van der Waals surface area (Å²) in [7, 11) is -0.572. The Kier molecular flexibility index (Phi) is 40.3. The first-order valence-electron chi connectivity index (χ1n) is 36.1. The normalized spacial score (nSPS) is 14.7. The Balaban J connectivity index is 0.000000280. The number of H-pyrrole nitrogens is 1. The second-order valence-corrected chi connectivity index (χ2v) is 32.4. The summed E-state index contributed by atoms with van der Waals surface area (Å²) < 4.78 is 128. The van der Waals surface area contributed by atoms with E-state index in [-0.39, 0.29) is 149 Å². The number of hydrazone groups is 2. The first-order chi connectivity index (χ1) is 57.4. The first-order valence-corrected chi connectivity index (χ1v) is 40.7. The summed E-state index contributed by atoms with van der Waals surface area (Å²) in [6.45, 7) is 25.1. The van der Waals surface area contributed by atoms with Crippen molar-refractivity contribution in [3.63, 3.8) is 0 Å². The molecule has 0 aliphatic carbocycles. The number of hydrogen-bond acceptors (Lipinski definition) is 23. The minimum absolute atomic E-state index is 0. The molecule has 29 nitrogen and oxygen atoms in total. The number of carbonyl (C=O) groups is 5. The summed E-state index contributed by atoms with van der Waals surface area (Å²) in [6, 6.07) is 12.1. The molecule has 4 aliphatic heterocycles. The van der Waals surface area contributed by atoms with E-state index in [2.05, 4.69) is 95.9 Å². The second kappa shape index (κ2) is 47.2. The van der Waals surface area contributed by atoms with Gasteiger partial charge in [-0.05, 0) is 130 Å². The smallest absolute Gasteiger partial charge is 0.436 e. The van der Waals surface area contributed by atoms with E-state index in [9.17, 15) is 78.3 Å². The van der Waals surface area contributed by atoms with Gasteiger partial charge in [0.25, 0.3) is 42.2 Å². The van der Waals surface area contributed by atoms with E-state index in [4.69, 9.17) is 116 Å². The Hall–Kier alpha value is -8.68. The van der Waals surface area contributed by atoms with Crippen molar-refractivity contribution >= 4 is 184 Å². The molecule has 3 aromatic carbocycles. The number of aliphatic imine (C=N–C) groups is 1. The number of aromatic nitrogens is 10. The first kappa shape index (κ1) is 106. The van der Waals surface area contributed by atoms with Gasteiger partial charge in [0.15, 0.2) is 54.1 Å². The molecule has 124 heavy (non-hydrogen) atoms. The van der Waals surface area contributed by atoms with Crippen molar-refractivity contribution < 1.29 is 82.6 Å². The number of dihydropyridines is 1. The molecule has 1 N–H and O–H groups in total. The van der Waals surface area contributed by atoms with Crippen LogP contribution in [0.25, 0.3) is 0 Å². The minimum atomic E-state index is -2.81. The molecule has 7 aromatic rings. The van der Waals surface area contributed by atoms with E-state index in [1.807, 2.05) is 69.2 Å². The molecule has 0 atom stereocenters. The van der Waals surface area contributed by atoms with Crippen molar-refractivity contribution in [3.05, 3.63) is 199 Å². The number of aromatic amines is 1. The molecule has 0 saturated carbocycles. The van der Waals surface area contributed by atoms with Crippen molar-refractivity contribution in [2.75, 3.05) is 19.6 Å². The third-order valence-corrected chi connectivity index (χ3v) is 20.4. The molecular formula is C76H78BBr2Cl8F8N15O14. The maximum Gasteiger partial charge on any atom is 0.494 e. The quantitative estimate of drug-likeness (QED) is 0.0285. The molecule has 48 heteroatoms. The number of rotatable bonds is 22. The summed E-state index contributed by atoms with van der Waals surface area (Å²) in [5.41, 5.74) is -0.772. The molecule has 4 aromatic heterocycles. The third-order valence-electron chi connectivity index (χ3n) is 17.1. The van der Waals surface area contributed by atoms with E-state index in [1.54, 1.807) is 24.3 Å². The van der Waals surface area contributed by atoms with E-state index < -0.39 is 122 Å². The van der Waals surface area contributed by atoms with E-state index in [1.165, 1.54) is 49.4 Å². The fourth-order valence-electron chi connectivity index (χ4n) is 10.2. The van der Waals surface area contributed by atoms with Crippen molar-refractivity contribution in [1.82, 2.24) is 59.5 Å². The zero-order chi connectivity index (χ0) is 92.3. The Morgan fingerprint density at radius 1 is 0.540 bits per heavy atom. The van der Waals surface area contributed by atoms with Gasteiger partial charge in [-0.25, -0.2) is 69.5 Å². The van der Waals surface area contributed by atoms with Crippen LogP contribution in [-0.4, -0.2) is 170 Å². The van der Waals surface area contributed by atoms with Crippen LogP contribution in [0, 0.1) is 5.92 Å². The number of allylic oxidation sites excluding steroid dienone is 2. The van der Waals surface area contributed by atoms with Gasteiger partial charge in [0.05, 0.1) is 54.2 Å². The van der Waals surface area contributed by atoms with Gasteiger partial charge in [-0.2, -0.15) is 20.4 Å². The molecular weight excluding hydrogens is 1950 g/mol. The van der Waals surface area contributed by atoms with Crippen LogP contribution in [0.2, 0.25) is 40.4 Å². The highest BCUT2D eigenvalue weighted by atomic mass is 79.9. The topological polar surface area (TPSA) is 351 Å². The van der Waals surface area contributed by atoms with Gasteiger partial charge in [-0.3, -0.25) is 42.7 Å². The van der Waals surface area contributed by atoms with Crippen LogP contribution in [0.5, 0.6) is 29.0 Å². The lowest BCUT2D eigenvalue weighted by atomic mass is 9.79. The molecule has 2 amide bonds. The van der Waals surface area contributed by atoms with Gasteiger partial charge in [0.2, 0.25) is 24.1 Å². The van der Waals surface area contributed by atoms with Gasteiger partial charge < -0.3 is 23.5 Å². The molecule has 1 fully saturated rings. The van der Waals surface area contributed by atoms with Crippen LogP contribution in [0.4, 0.5) is 35.1 Å². The summed E-state index contributed by atoms with van der Waals surface area (Å²) in [4.78, 5) is 109. The molecule has 0 radical (unpaired) electrons. The van der Waals surface area contributed by atoms with Crippen molar-refractivity contribution in [1.29, 1.82) is 0 Å². The number of nitrogens with zero attached hydrogens (tertiary/aromatic N) is 14. The predicted octanol–water partition coefficient (Wildman–Crippen LogP) is 17.3. The largest absolute Gasteiger partial charge is 0.494 e. The molecule has 670 valence electrons. The number of alkyl halides is 8. The zero-order valence-electron chi connectivity index (χ0n) is 66.5. The highest BCUT2D eigenvalue weighted by Crippen LogP contribution is 2.42. The van der Waals surface area contributed by atoms with Gasteiger partial charge in [-0.15, -0.1) is 33.6 Å². The highest BCUT2D eigenvalue weighted by molar-refractivity contribution is 9.10. The van der Waals surface area contributed by atoms with Gasteiger partial charge in [0.1, 0.15) is 37.6 Å². The fourth-order valence-corrected chi connectivity index (χ4v) is 13.3. The minimum Gasteiger partial charge on any atom is -0.436 e. The maximum absolute atomic E-state index is 12.7. The molecule has 4 aliphatic rings. The van der Waals surface area contributed by atoms with Crippen molar-refractivity contribution in [3.8, 4) is 29.0 Å². The molecule has 8 heterocycles. The number of ketones is 3. The van der Waals surface area contributed by atoms with Crippen LogP contribution in [0.3, 0.4) is 0 Å². The Labute approximate surface area is 760 Å². The van der Waals surface area contributed by atoms with Crippen molar-refractivity contribution in [2.45, 2.75) is 171 Å². The number of carbonyl (C=O) groups excluding carboxylic acids is 5. The van der Waals surface area contributed by atoms with Gasteiger partial charge >= 0.3 is 18.5 Å². The lowest BCUT2D eigenvalue weighted by Crippen LogP contribution is -2.42. The third kappa shape index (κ3) is 28.9. The molecule has 11 rings (SSSR count). The Bertz CT molecular complexity index is 5450. The average molecular weight is 2030 g/mol. The summed E-state index contributed by atoms with van der Waals surface area (Å²) in [5.74, 6) is -1.91. The van der Waals surface area contributed by atoms with E-state index in [0.29, 0.717) is 46.5 Å². The average Bonchev–Trinajstić information content (AvgIpc) is 1.64. The molecule has 1 saturated heterocycles. The number of halogens is 18. The summed E-state index contributed by atoms with van der Waals surface area (Å²) in [5, 5.41) is 34.5. The zero-order valence-corrected chi connectivity index (χ0v) is 75.7. The van der Waals surface area contributed by atoms with Crippen LogP contribution in [0.15, 0.2) is 129 Å². The highest BCUT2D eigenvalue weighted by Gasteiger charge is 2.52. The lowest BCUT2D eigenvalue weighted by molar-refractivity contribution is -0.138. The monoisotopic (exact) mass is 2030 g/mol. The number of amides is 2. The van der Waals surface area contributed by atoms with Crippen molar-refractivity contribution in [2.24, 2.45) is 21.1 Å². The number of nitrogens with one attached hydrogen (secondary N) is 1. The number of hydrogen-bond donors (Lipinski definition) is 1. The van der Waals surface area contributed by atoms with Crippen LogP contribution in [-0.2, 0) is 52.9 Å². The SMILES string of the molecule is C.C=CCn1c(=O)[nH]nc(Br)c1=O.C=CCn1c(=O)c(Br)nn(CC(F)F)c1=O.CC(C)C1=CC(Oc2c(Cl)cc(C3=NN(CC(F)F)C(=O)CC3=O)cc2Cl)=NCC1=O.CC(C)c1cc(Oc2c(Cl)cc(B3OC(C)(C)C(C)(C)O3)cc2Cl)nnc1Cl.CC(C)c1cc(Oc2c(Cl)cc(C3=NN(CC(F)F)C(=O)CC3=O)cc2Cl)nnc1Cl.CCC(F)F. The van der Waals surface area contributed by atoms with E-state index >= 15 is 0 Å². The summed E-state index contributed by atoms with van der Waals surface area (Å²) in [6.07, 6.45) is -7.35. The van der Waals surface area contributed by atoms with E-state index in [0.717, 1.165) is 14.7 Å². The molecule has 0 bridgehead atoms. The van der Waals surface area contributed by atoms with Crippen LogP contribution in [0.1, 0.15) is 137 Å². The van der Waals surface area contributed by atoms with Gasteiger partial charge in [-0.1, -0.05) is 161 Å². The number of Topliss-reactive ketones (excluding diaryl/α,β-unsaturated/α-hetero) is 3.